The fourth-order valence-electron chi connectivity index (χ4n) is 6.25. The molecule has 1 fully saturated rings. The molecule has 2 aliphatic heterocycles. The number of rotatable bonds is 11. The van der Waals surface area contributed by atoms with E-state index in [4.69, 9.17) is 14.2 Å². The minimum atomic E-state index is -0.418. The van der Waals surface area contributed by atoms with Gasteiger partial charge in [0.05, 0.1) is 43.8 Å². The molecule has 274 valence electrons. The Balaban J connectivity index is 0.00000257. The van der Waals surface area contributed by atoms with Gasteiger partial charge in [-0.15, -0.1) is 0 Å². The van der Waals surface area contributed by atoms with Crippen molar-refractivity contribution in [2.45, 2.75) is 52.0 Å². The first-order valence-corrected chi connectivity index (χ1v) is 17.5. The molecule has 0 radical (unpaired) electrons. The SMILES string of the molecule is CC.COC(=O)c1cc(-c2ccc(NC(=O)c3cc(NC(=O)CCCOc4cc5c(cc4OC)C(=O)N4CCCC[C@H]4C=N5)cn3C)cc2)cn1C. The summed E-state index contributed by atoms with van der Waals surface area (Å²) < 4.78 is 19.7. The van der Waals surface area contributed by atoms with Gasteiger partial charge in [-0.1, -0.05) is 26.0 Å². The summed E-state index contributed by atoms with van der Waals surface area (Å²) in [6.07, 6.45) is 8.91. The second-order valence-corrected chi connectivity index (χ2v) is 12.3. The summed E-state index contributed by atoms with van der Waals surface area (Å²) in [6.45, 7) is 4.95. The topological polar surface area (TPSA) is 145 Å². The molecule has 1 atom stereocenters. The maximum Gasteiger partial charge on any atom is 0.354 e. The van der Waals surface area contributed by atoms with Crippen molar-refractivity contribution in [3.63, 3.8) is 0 Å². The predicted octanol–water partition coefficient (Wildman–Crippen LogP) is 6.61. The lowest BCUT2D eigenvalue weighted by Gasteiger charge is -2.32. The fraction of sp³-hybridized carbons (Fsp3) is 0.359. The van der Waals surface area contributed by atoms with Crippen LogP contribution in [-0.2, 0) is 23.6 Å². The van der Waals surface area contributed by atoms with Crippen LogP contribution in [0.1, 0.15) is 77.3 Å². The summed E-state index contributed by atoms with van der Waals surface area (Å²) in [5.74, 6) is -0.141. The third-order valence-corrected chi connectivity index (χ3v) is 8.91. The van der Waals surface area contributed by atoms with Crippen molar-refractivity contribution in [2.75, 3.05) is 38.0 Å². The molecule has 52 heavy (non-hydrogen) atoms. The number of piperidine rings is 1. The first kappa shape index (κ1) is 37.4. The van der Waals surface area contributed by atoms with Gasteiger partial charge in [-0.2, -0.15) is 0 Å². The fourth-order valence-corrected chi connectivity index (χ4v) is 6.25. The standard InChI is InChI=1S/C37H40N6O7.C2H6/c1-41-21-24(16-31(41)37(47)49-4)23-10-12-25(13-11-23)40-35(45)30-17-26(22-42(30)2)39-34(44)9-7-15-50-33-19-29-28(18-32(33)48-3)36(46)43-14-6-5-8-27(43)20-38-29;1-2/h10-13,16-22,27H,5-9,14-15H2,1-4H3,(H,39,44)(H,40,45);1-2H3/t27-;/m0./s1. The summed E-state index contributed by atoms with van der Waals surface area (Å²) in [6, 6.07) is 14.0. The molecule has 0 spiro atoms. The molecule has 3 amide bonds. The van der Waals surface area contributed by atoms with E-state index >= 15 is 0 Å². The van der Waals surface area contributed by atoms with E-state index in [1.807, 2.05) is 43.3 Å². The quantitative estimate of drug-likeness (QED) is 0.132. The molecule has 2 aromatic heterocycles. The molecule has 4 aromatic rings. The summed E-state index contributed by atoms with van der Waals surface area (Å²) in [4.78, 5) is 57.5. The number of nitrogens with zero attached hydrogens (tertiary/aromatic N) is 4. The number of methoxy groups -OCH3 is 2. The van der Waals surface area contributed by atoms with Gasteiger partial charge in [0, 0.05) is 63.0 Å². The number of ether oxygens (including phenoxy) is 3. The number of benzene rings is 2. The van der Waals surface area contributed by atoms with Crippen LogP contribution in [0, 0.1) is 0 Å². The maximum atomic E-state index is 13.2. The Morgan fingerprint density at radius 3 is 2.35 bits per heavy atom. The van der Waals surface area contributed by atoms with Crippen LogP contribution in [0.2, 0.25) is 0 Å². The highest BCUT2D eigenvalue weighted by molar-refractivity contribution is 6.05. The van der Waals surface area contributed by atoms with Crippen LogP contribution in [0.3, 0.4) is 0 Å². The van der Waals surface area contributed by atoms with Gasteiger partial charge >= 0.3 is 5.97 Å². The average Bonchev–Trinajstić information content (AvgIpc) is 3.70. The van der Waals surface area contributed by atoms with Gasteiger partial charge in [0.25, 0.3) is 11.8 Å². The Bertz CT molecular complexity index is 1960. The molecule has 0 bridgehead atoms. The summed E-state index contributed by atoms with van der Waals surface area (Å²) in [5.41, 5.74) is 4.64. The minimum Gasteiger partial charge on any atom is -0.493 e. The van der Waals surface area contributed by atoms with E-state index in [1.54, 1.807) is 65.8 Å². The van der Waals surface area contributed by atoms with Gasteiger partial charge < -0.3 is 38.9 Å². The molecule has 0 aliphatic carbocycles. The first-order chi connectivity index (χ1) is 25.1. The number of nitrogens with one attached hydrogen (secondary N) is 2. The van der Waals surface area contributed by atoms with Crippen molar-refractivity contribution in [3.05, 3.63) is 77.9 Å². The van der Waals surface area contributed by atoms with Gasteiger partial charge in [0.2, 0.25) is 5.91 Å². The molecule has 0 unspecified atom stereocenters. The molecule has 0 saturated carbocycles. The minimum absolute atomic E-state index is 0.00305. The van der Waals surface area contributed by atoms with E-state index in [2.05, 4.69) is 15.6 Å². The predicted molar refractivity (Wildman–Crippen MR) is 200 cm³/mol. The van der Waals surface area contributed by atoms with Crippen molar-refractivity contribution in [3.8, 4) is 22.6 Å². The third kappa shape index (κ3) is 8.36. The Morgan fingerprint density at radius 2 is 1.62 bits per heavy atom. The monoisotopic (exact) mass is 710 g/mol. The van der Waals surface area contributed by atoms with Crippen LogP contribution in [-0.4, -0.2) is 77.4 Å². The molecule has 13 nitrogen and oxygen atoms in total. The third-order valence-electron chi connectivity index (χ3n) is 8.91. The van der Waals surface area contributed by atoms with Crippen molar-refractivity contribution >= 4 is 47.0 Å². The number of fused-ring (bicyclic) bond motifs is 2. The maximum absolute atomic E-state index is 13.2. The van der Waals surface area contributed by atoms with E-state index < -0.39 is 5.97 Å². The number of carbonyl (C=O) groups is 4. The van der Waals surface area contributed by atoms with Crippen molar-refractivity contribution in [1.29, 1.82) is 0 Å². The molecule has 4 heterocycles. The van der Waals surface area contributed by atoms with Gasteiger partial charge in [-0.25, -0.2) is 4.79 Å². The summed E-state index contributed by atoms with van der Waals surface area (Å²) in [7, 11) is 6.37. The van der Waals surface area contributed by atoms with Gasteiger partial charge in [0.1, 0.15) is 11.4 Å². The van der Waals surface area contributed by atoms with E-state index in [0.29, 0.717) is 58.5 Å². The van der Waals surface area contributed by atoms with Crippen LogP contribution in [0.25, 0.3) is 11.1 Å². The van der Waals surface area contributed by atoms with E-state index in [-0.39, 0.29) is 36.8 Å². The Morgan fingerprint density at radius 1 is 0.865 bits per heavy atom. The van der Waals surface area contributed by atoms with Crippen LogP contribution < -0.4 is 20.1 Å². The van der Waals surface area contributed by atoms with Gasteiger partial charge in [-0.05, 0) is 61.6 Å². The molecule has 2 N–H and O–H groups in total. The zero-order valence-corrected chi connectivity index (χ0v) is 30.5. The molecular formula is C39H46N6O7. The number of hydrogen-bond donors (Lipinski definition) is 2. The van der Waals surface area contributed by atoms with Crippen molar-refractivity contribution in [2.24, 2.45) is 19.1 Å². The highest BCUT2D eigenvalue weighted by Gasteiger charge is 2.31. The van der Waals surface area contributed by atoms with Crippen LogP contribution >= 0.6 is 0 Å². The van der Waals surface area contributed by atoms with E-state index in [9.17, 15) is 19.2 Å². The smallest absolute Gasteiger partial charge is 0.354 e. The molecule has 1 saturated heterocycles. The largest absolute Gasteiger partial charge is 0.493 e. The first-order valence-electron chi connectivity index (χ1n) is 17.5. The van der Waals surface area contributed by atoms with E-state index in [1.165, 1.54) is 14.2 Å². The molecule has 13 heteroatoms. The molecule has 6 rings (SSSR count). The number of esters is 1. The molecule has 2 aromatic carbocycles. The highest BCUT2D eigenvalue weighted by Crippen LogP contribution is 2.38. The Hall–Kier alpha value is -5.85. The summed E-state index contributed by atoms with van der Waals surface area (Å²) in [5, 5.41) is 5.73. The average molecular weight is 711 g/mol. The number of anilines is 2. The second kappa shape index (κ2) is 16.9. The van der Waals surface area contributed by atoms with Crippen LogP contribution in [0.15, 0.2) is 65.9 Å². The highest BCUT2D eigenvalue weighted by atomic mass is 16.5. The zero-order chi connectivity index (χ0) is 37.4. The van der Waals surface area contributed by atoms with Crippen LogP contribution in [0.5, 0.6) is 11.5 Å². The molecular weight excluding hydrogens is 664 g/mol. The second-order valence-electron chi connectivity index (χ2n) is 12.3. The Labute approximate surface area is 303 Å². The van der Waals surface area contributed by atoms with Gasteiger partial charge in [-0.3, -0.25) is 19.4 Å². The lowest BCUT2D eigenvalue weighted by atomic mass is 10.0. The van der Waals surface area contributed by atoms with Crippen molar-refractivity contribution < 1.29 is 33.4 Å². The van der Waals surface area contributed by atoms with Crippen molar-refractivity contribution in [1.82, 2.24) is 14.0 Å². The van der Waals surface area contributed by atoms with Gasteiger partial charge in [0.15, 0.2) is 11.5 Å². The normalized spacial score (nSPS) is 14.6. The number of aryl methyl sites for hydroxylation is 2. The number of aromatic nitrogens is 2. The summed E-state index contributed by atoms with van der Waals surface area (Å²) >= 11 is 0. The Kier molecular flexibility index (Phi) is 12.2. The molecule has 2 aliphatic rings. The number of aliphatic imine (C=N–C) groups is 1. The number of hydrogen-bond acceptors (Lipinski definition) is 8. The lowest BCUT2D eigenvalue weighted by molar-refractivity contribution is -0.116. The number of amides is 3. The zero-order valence-electron chi connectivity index (χ0n) is 30.5. The number of carbonyl (C=O) groups excluding carboxylic acids is 4. The lowest BCUT2D eigenvalue weighted by Crippen LogP contribution is -2.43. The van der Waals surface area contributed by atoms with E-state index in [0.717, 1.165) is 30.4 Å². The van der Waals surface area contributed by atoms with Crippen LogP contribution in [0.4, 0.5) is 17.1 Å².